The first-order valence-corrected chi connectivity index (χ1v) is 8.83. The Kier molecular flexibility index (Phi) is 8.53. The molecule has 3 N–H and O–H groups in total. The molecule has 2 aromatic rings. The van der Waals surface area contributed by atoms with Crippen LogP contribution in [0.25, 0.3) is 12.2 Å². The van der Waals surface area contributed by atoms with Crippen LogP contribution in [0.5, 0.6) is 0 Å². The van der Waals surface area contributed by atoms with Crippen molar-refractivity contribution in [2.24, 2.45) is 0 Å². The van der Waals surface area contributed by atoms with Crippen LogP contribution in [0.2, 0.25) is 0 Å². The van der Waals surface area contributed by atoms with Crippen molar-refractivity contribution in [1.29, 1.82) is 0 Å². The lowest BCUT2D eigenvalue weighted by atomic mass is 10.2. The van der Waals surface area contributed by atoms with Crippen LogP contribution in [0.15, 0.2) is 72.8 Å². The first kappa shape index (κ1) is 20.1. The average molecular weight is 364 g/mol. The lowest BCUT2D eigenvalue weighted by Crippen LogP contribution is -2.33. The van der Waals surface area contributed by atoms with E-state index in [-0.39, 0.29) is 18.4 Å². The second kappa shape index (κ2) is 11.4. The van der Waals surface area contributed by atoms with Gasteiger partial charge in [0.1, 0.15) is 0 Å². The van der Waals surface area contributed by atoms with E-state index in [1.807, 2.05) is 60.7 Å². The zero-order valence-electron chi connectivity index (χ0n) is 15.0. The molecule has 0 heterocycles. The molecular weight excluding hydrogens is 340 g/mol. The molecule has 0 bridgehead atoms. The molecule has 0 saturated carbocycles. The van der Waals surface area contributed by atoms with Crippen LogP contribution in [0.1, 0.15) is 17.5 Å². The van der Waals surface area contributed by atoms with Gasteiger partial charge < -0.3 is 15.7 Å². The standard InChI is InChI=1S/C22H24N2O3/c25-20(17-24-22(27)14-12-19-9-5-2-6-10-19)15-16-23-21(26)13-11-18-7-3-1-4-8-18/h1-14,20,25H,15-17H2,(H,23,26)(H,24,27)/b13-11+,14-12+/t20-/m0/s1. The van der Waals surface area contributed by atoms with Crippen molar-refractivity contribution in [3.63, 3.8) is 0 Å². The molecule has 1 atom stereocenters. The molecular formula is C22H24N2O3. The quantitative estimate of drug-likeness (QED) is 0.598. The van der Waals surface area contributed by atoms with Gasteiger partial charge in [0, 0.05) is 25.2 Å². The van der Waals surface area contributed by atoms with Crippen LogP contribution in [0.3, 0.4) is 0 Å². The van der Waals surface area contributed by atoms with Crippen molar-refractivity contribution in [3.8, 4) is 0 Å². The molecule has 0 aliphatic heterocycles. The van der Waals surface area contributed by atoms with E-state index in [1.165, 1.54) is 12.2 Å². The van der Waals surface area contributed by atoms with Crippen molar-refractivity contribution in [1.82, 2.24) is 10.6 Å². The third-order valence-corrected chi connectivity index (χ3v) is 3.74. The Morgan fingerprint density at radius 1 is 0.815 bits per heavy atom. The average Bonchev–Trinajstić information content (AvgIpc) is 2.70. The van der Waals surface area contributed by atoms with Gasteiger partial charge in [0.2, 0.25) is 11.8 Å². The third kappa shape index (κ3) is 8.65. The molecule has 0 aliphatic rings. The fourth-order valence-corrected chi connectivity index (χ4v) is 2.27. The molecule has 0 aromatic heterocycles. The summed E-state index contributed by atoms with van der Waals surface area (Å²) in [6.45, 7) is 0.461. The highest BCUT2D eigenvalue weighted by atomic mass is 16.3. The zero-order chi connectivity index (χ0) is 19.3. The summed E-state index contributed by atoms with van der Waals surface area (Å²) in [6.07, 6.45) is 5.95. The van der Waals surface area contributed by atoms with Gasteiger partial charge in [-0.3, -0.25) is 9.59 Å². The van der Waals surface area contributed by atoms with Crippen LogP contribution in [0, 0.1) is 0 Å². The smallest absolute Gasteiger partial charge is 0.244 e. The Morgan fingerprint density at radius 3 is 1.81 bits per heavy atom. The van der Waals surface area contributed by atoms with Gasteiger partial charge in [0.15, 0.2) is 0 Å². The Morgan fingerprint density at radius 2 is 1.30 bits per heavy atom. The molecule has 0 radical (unpaired) electrons. The highest BCUT2D eigenvalue weighted by molar-refractivity contribution is 5.92. The minimum Gasteiger partial charge on any atom is -0.391 e. The SMILES string of the molecule is O=C(/C=C/c1ccccc1)NCC[C@H](O)CNC(=O)/C=C/c1ccccc1. The summed E-state index contributed by atoms with van der Waals surface area (Å²) >= 11 is 0. The zero-order valence-corrected chi connectivity index (χ0v) is 15.0. The number of hydrogen-bond donors (Lipinski definition) is 3. The Bertz CT molecular complexity index is 771. The largest absolute Gasteiger partial charge is 0.391 e. The molecule has 2 rings (SSSR count). The number of hydrogen-bond acceptors (Lipinski definition) is 3. The maximum atomic E-state index is 11.7. The van der Waals surface area contributed by atoms with E-state index in [0.29, 0.717) is 13.0 Å². The maximum Gasteiger partial charge on any atom is 0.244 e. The highest BCUT2D eigenvalue weighted by Crippen LogP contribution is 2.01. The van der Waals surface area contributed by atoms with Crippen LogP contribution in [0.4, 0.5) is 0 Å². The number of carbonyl (C=O) groups is 2. The Hall–Kier alpha value is -3.18. The number of nitrogens with one attached hydrogen (secondary N) is 2. The summed E-state index contributed by atoms with van der Waals surface area (Å²) in [5.74, 6) is -0.492. The Balaban J connectivity index is 1.61. The van der Waals surface area contributed by atoms with Crippen molar-refractivity contribution in [3.05, 3.63) is 83.9 Å². The third-order valence-electron chi connectivity index (χ3n) is 3.74. The lowest BCUT2D eigenvalue weighted by Gasteiger charge is -2.11. The molecule has 0 unspecified atom stereocenters. The van der Waals surface area contributed by atoms with Gasteiger partial charge in [0.05, 0.1) is 6.10 Å². The van der Waals surface area contributed by atoms with Gasteiger partial charge in [-0.25, -0.2) is 0 Å². The highest BCUT2D eigenvalue weighted by Gasteiger charge is 2.06. The molecule has 5 heteroatoms. The van der Waals surface area contributed by atoms with Gasteiger partial charge >= 0.3 is 0 Å². The predicted molar refractivity (Wildman–Crippen MR) is 108 cm³/mol. The normalized spacial score (nSPS) is 12.2. The summed E-state index contributed by atoms with van der Waals surface area (Å²) < 4.78 is 0. The van der Waals surface area contributed by atoms with Crippen molar-refractivity contribution >= 4 is 24.0 Å². The molecule has 0 saturated heterocycles. The number of carbonyl (C=O) groups excluding carboxylic acids is 2. The van der Waals surface area contributed by atoms with Crippen LogP contribution >= 0.6 is 0 Å². The second-order valence-corrected chi connectivity index (χ2v) is 5.97. The lowest BCUT2D eigenvalue weighted by molar-refractivity contribution is -0.117. The van der Waals surface area contributed by atoms with E-state index in [2.05, 4.69) is 10.6 Å². The second-order valence-electron chi connectivity index (χ2n) is 5.97. The predicted octanol–water partition coefficient (Wildman–Crippen LogP) is 2.40. The van der Waals surface area contributed by atoms with Crippen LogP contribution in [-0.2, 0) is 9.59 Å². The monoisotopic (exact) mass is 364 g/mol. The van der Waals surface area contributed by atoms with Crippen molar-refractivity contribution in [2.45, 2.75) is 12.5 Å². The molecule has 2 aromatic carbocycles. The summed E-state index contributed by atoms with van der Waals surface area (Å²) in [4.78, 5) is 23.5. The number of aliphatic hydroxyl groups excluding tert-OH is 1. The van der Waals surface area contributed by atoms with E-state index < -0.39 is 6.10 Å². The number of amides is 2. The molecule has 0 aliphatic carbocycles. The van der Waals surface area contributed by atoms with E-state index in [9.17, 15) is 14.7 Å². The summed E-state index contributed by atoms with van der Waals surface area (Å²) in [5.41, 5.74) is 1.87. The molecule has 140 valence electrons. The number of aliphatic hydroxyl groups is 1. The van der Waals surface area contributed by atoms with Gasteiger partial charge in [0.25, 0.3) is 0 Å². The van der Waals surface area contributed by atoms with Gasteiger partial charge in [-0.05, 0) is 29.7 Å². The Labute approximate surface area is 159 Å². The van der Waals surface area contributed by atoms with Gasteiger partial charge in [-0.2, -0.15) is 0 Å². The van der Waals surface area contributed by atoms with E-state index in [1.54, 1.807) is 12.2 Å². The topological polar surface area (TPSA) is 78.4 Å². The van der Waals surface area contributed by atoms with E-state index in [4.69, 9.17) is 0 Å². The fourth-order valence-electron chi connectivity index (χ4n) is 2.27. The number of benzene rings is 2. The van der Waals surface area contributed by atoms with Crippen LogP contribution in [-0.4, -0.2) is 36.1 Å². The maximum absolute atomic E-state index is 11.7. The fraction of sp³-hybridized carbons (Fsp3) is 0.182. The molecule has 0 fully saturated rings. The van der Waals surface area contributed by atoms with Gasteiger partial charge in [-0.1, -0.05) is 60.7 Å². The van der Waals surface area contributed by atoms with E-state index in [0.717, 1.165) is 11.1 Å². The minimum absolute atomic E-state index is 0.133. The molecule has 5 nitrogen and oxygen atoms in total. The summed E-state index contributed by atoms with van der Waals surface area (Å²) in [5, 5.41) is 15.2. The number of rotatable bonds is 9. The van der Waals surface area contributed by atoms with Crippen molar-refractivity contribution in [2.75, 3.05) is 13.1 Å². The first-order valence-electron chi connectivity index (χ1n) is 8.83. The van der Waals surface area contributed by atoms with Gasteiger partial charge in [-0.15, -0.1) is 0 Å². The van der Waals surface area contributed by atoms with E-state index >= 15 is 0 Å². The molecule has 0 spiro atoms. The van der Waals surface area contributed by atoms with Crippen molar-refractivity contribution < 1.29 is 14.7 Å². The minimum atomic E-state index is -0.725. The molecule has 27 heavy (non-hydrogen) atoms. The summed E-state index contributed by atoms with van der Waals surface area (Å²) in [6, 6.07) is 19.0. The molecule has 2 amide bonds. The van der Waals surface area contributed by atoms with Crippen LogP contribution < -0.4 is 10.6 Å². The first-order chi connectivity index (χ1) is 13.1. The summed E-state index contributed by atoms with van der Waals surface area (Å²) in [7, 11) is 0.